The topological polar surface area (TPSA) is 68.2 Å². The first-order chi connectivity index (χ1) is 9.37. The molecule has 1 heterocycles. The molecule has 1 fully saturated rings. The lowest BCUT2D eigenvalue weighted by Crippen LogP contribution is -2.36. The summed E-state index contributed by atoms with van der Waals surface area (Å²) in [6.07, 6.45) is 5.93. The molecule has 0 bridgehead atoms. The average Bonchev–Trinajstić information content (AvgIpc) is 2.88. The minimum absolute atomic E-state index is 0.152. The second-order valence-corrected chi connectivity index (χ2v) is 5.99. The fraction of sp³-hybridized carbons (Fsp3) is 0.571. The van der Waals surface area contributed by atoms with Gasteiger partial charge in [-0.05, 0) is 27.2 Å². The van der Waals surface area contributed by atoms with Crippen molar-refractivity contribution in [1.82, 2.24) is 20.4 Å². The molecule has 2 rings (SSSR count). The van der Waals surface area contributed by atoms with E-state index in [4.69, 9.17) is 4.74 Å². The molecule has 1 aliphatic carbocycles. The molecule has 1 saturated carbocycles. The Morgan fingerprint density at radius 1 is 1.60 bits per heavy atom. The van der Waals surface area contributed by atoms with Crippen molar-refractivity contribution in [2.24, 2.45) is 0 Å². The van der Waals surface area contributed by atoms with Crippen LogP contribution in [-0.4, -0.2) is 33.6 Å². The molecule has 0 aliphatic heterocycles. The van der Waals surface area contributed by atoms with Crippen LogP contribution < -0.4 is 10.6 Å². The summed E-state index contributed by atoms with van der Waals surface area (Å²) in [6.45, 7) is 9.93. The maximum Gasteiger partial charge on any atom is 0.407 e. The maximum absolute atomic E-state index is 11.6. The minimum atomic E-state index is -0.457. The molecule has 1 aromatic rings. The Morgan fingerprint density at radius 3 is 2.95 bits per heavy atom. The van der Waals surface area contributed by atoms with Crippen LogP contribution in [0.4, 0.5) is 4.79 Å². The van der Waals surface area contributed by atoms with Crippen LogP contribution in [0, 0.1) is 0 Å². The summed E-state index contributed by atoms with van der Waals surface area (Å²) in [5.41, 5.74) is 0.633. The van der Waals surface area contributed by atoms with Gasteiger partial charge in [-0.2, -0.15) is 5.10 Å². The van der Waals surface area contributed by atoms with Gasteiger partial charge in [0.15, 0.2) is 0 Å². The van der Waals surface area contributed by atoms with Gasteiger partial charge in [0.2, 0.25) is 0 Å². The van der Waals surface area contributed by atoms with E-state index < -0.39 is 5.60 Å². The van der Waals surface area contributed by atoms with Crippen molar-refractivity contribution in [1.29, 1.82) is 0 Å². The Kier molecular flexibility index (Phi) is 4.13. The molecule has 0 aromatic carbocycles. The van der Waals surface area contributed by atoms with Crippen molar-refractivity contribution < 1.29 is 9.53 Å². The highest BCUT2D eigenvalue weighted by atomic mass is 16.6. The highest BCUT2D eigenvalue weighted by molar-refractivity contribution is 5.68. The molecule has 6 heteroatoms. The first kappa shape index (κ1) is 14.6. The van der Waals surface area contributed by atoms with Crippen LogP contribution in [0.15, 0.2) is 19.0 Å². The molecule has 1 aromatic heterocycles. The van der Waals surface area contributed by atoms with E-state index in [2.05, 4.69) is 22.3 Å². The lowest BCUT2D eigenvalue weighted by Gasteiger charge is -2.19. The first-order valence-electron chi connectivity index (χ1n) is 6.76. The SMILES string of the molecule is C=Cn1cc(CNC2CC2NC(=O)OC(C)(C)C)cn1. The van der Waals surface area contributed by atoms with E-state index in [1.807, 2.05) is 27.0 Å². The molecule has 0 saturated heterocycles. The van der Waals surface area contributed by atoms with Crippen LogP contribution in [0.5, 0.6) is 0 Å². The molecule has 2 atom stereocenters. The number of nitrogens with zero attached hydrogens (tertiary/aromatic N) is 2. The van der Waals surface area contributed by atoms with Crippen LogP contribution >= 0.6 is 0 Å². The van der Waals surface area contributed by atoms with E-state index in [1.54, 1.807) is 17.1 Å². The molecular formula is C14H22N4O2. The minimum Gasteiger partial charge on any atom is -0.444 e. The summed E-state index contributed by atoms with van der Waals surface area (Å²) in [4.78, 5) is 11.6. The lowest BCUT2D eigenvalue weighted by molar-refractivity contribution is 0.0522. The summed E-state index contributed by atoms with van der Waals surface area (Å²) in [6, 6.07) is 0.453. The molecule has 0 radical (unpaired) electrons. The molecular weight excluding hydrogens is 256 g/mol. The van der Waals surface area contributed by atoms with Crippen molar-refractivity contribution in [2.75, 3.05) is 0 Å². The Bertz CT molecular complexity index is 490. The molecule has 1 amide bonds. The van der Waals surface area contributed by atoms with Gasteiger partial charge < -0.3 is 15.4 Å². The third-order valence-electron chi connectivity index (χ3n) is 2.90. The molecule has 2 N–H and O–H groups in total. The fourth-order valence-corrected chi connectivity index (χ4v) is 1.86. The monoisotopic (exact) mass is 278 g/mol. The van der Waals surface area contributed by atoms with Crippen molar-refractivity contribution >= 4 is 12.3 Å². The predicted octanol–water partition coefficient (Wildman–Crippen LogP) is 1.74. The number of nitrogens with one attached hydrogen (secondary N) is 2. The average molecular weight is 278 g/mol. The third kappa shape index (κ3) is 4.38. The lowest BCUT2D eigenvalue weighted by atomic mass is 10.2. The quantitative estimate of drug-likeness (QED) is 0.861. The van der Waals surface area contributed by atoms with Gasteiger partial charge in [0, 0.05) is 36.6 Å². The number of carbonyl (C=O) groups excluding carboxylic acids is 1. The van der Waals surface area contributed by atoms with Gasteiger partial charge >= 0.3 is 6.09 Å². The van der Waals surface area contributed by atoms with Crippen molar-refractivity contribution in [3.63, 3.8) is 0 Å². The van der Waals surface area contributed by atoms with Crippen molar-refractivity contribution in [2.45, 2.75) is 51.4 Å². The van der Waals surface area contributed by atoms with E-state index in [0.717, 1.165) is 18.5 Å². The Morgan fingerprint density at radius 2 is 2.35 bits per heavy atom. The van der Waals surface area contributed by atoms with Gasteiger partial charge in [0.1, 0.15) is 5.60 Å². The van der Waals surface area contributed by atoms with Gasteiger partial charge in [-0.1, -0.05) is 6.58 Å². The molecule has 0 spiro atoms. The Hall–Kier alpha value is -1.82. The molecule has 6 nitrogen and oxygen atoms in total. The summed E-state index contributed by atoms with van der Waals surface area (Å²) >= 11 is 0. The van der Waals surface area contributed by atoms with Gasteiger partial charge in [-0.3, -0.25) is 0 Å². The number of amides is 1. The van der Waals surface area contributed by atoms with Gasteiger partial charge in [-0.15, -0.1) is 0 Å². The highest BCUT2D eigenvalue weighted by Gasteiger charge is 2.38. The predicted molar refractivity (Wildman–Crippen MR) is 77.0 cm³/mol. The van der Waals surface area contributed by atoms with E-state index in [-0.39, 0.29) is 12.1 Å². The zero-order valence-corrected chi connectivity index (χ0v) is 12.2. The van der Waals surface area contributed by atoms with E-state index in [0.29, 0.717) is 6.04 Å². The highest BCUT2D eigenvalue weighted by Crippen LogP contribution is 2.22. The summed E-state index contributed by atoms with van der Waals surface area (Å²) in [5, 5.41) is 10.3. The second-order valence-electron chi connectivity index (χ2n) is 5.99. The molecule has 2 unspecified atom stereocenters. The fourth-order valence-electron chi connectivity index (χ4n) is 1.86. The number of hydrogen-bond acceptors (Lipinski definition) is 4. The van der Waals surface area contributed by atoms with Crippen LogP contribution in [-0.2, 0) is 11.3 Å². The number of carbonyl (C=O) groups is 1. The Balaban J connectivity index is 1.68. The number of ether oxygens (including phenoxy) is 1. The van der Waals surface area contributed by atoms with E-state index >= 15 is 0 Å². The molecule has 110 valence electrons. The number of hydrogen-bond donors (Lipinski definition) is 2. The van der Waals surface area contributed by atoms with Gasteiger partial charge in [0.25, 0.3) is 0 Å². The molecule has 20 heavy (non-hydrogen) atoms. The second kappa shape index (κ2) is 5.66. The van der Waals surface area contributed by atoms with Crippen molar-refractivity contribution in [3.05, 3.63) is 24.5 Å². The van der Waals surface area contributed by atoms with Gasteiger partial charge in [0.05, 0.1) is 6.20 Å². The summed E-state index contributed by atoms with van der Waals surface area (Å²) in [7, 11) is 0. The smallest absolute Gasteiger partial charge is 0.407 e. The first-order valence-corrected chi connectivity index (χ1v) is 6.76. The summed E-state index contributed by atoms with van der Waals surface area (Å²) < 4.78 is 6.88. The maximum atomic E-state index is 11.6. The Labute approximate surface area is 119 Å². The van der Waals surface area contributed by atoms with Crippen LogP contribution in [0.25, 0.3) is 6.20 Å². The standard InChI is InChI=1S/C14H22N4O2/c1-5-18-9-10(8-16-18)7-15-11-6-12(11)17-13(19)20-14(2,3)4/h5,8-9,11-12,15H,1,6-7H2,2-4H3,(H,17,19). The zero-order valence-electron chi connectivity index (χ0n) is 12.2. The third-order valence-corrected chi connectivity index (χ3v) is 2.90. The zero-order chi connectivity index (χ0) is 14.8. The normalized spacial score (nSPS) is 21.4. The van der Waals surface area contributed by atoms with E-state index in [9.17, 15) is 4.79 Å². The van der Waals surface area contributed by atoms with Gasteiger partial charge in [-0.25, -0.2) is 9.48 Å². The number of alkyl carbamates (subject to hydrolysis) is 1. The number of rotatable bonds is 5. The summed E-state index contributed by atoms with van der Waals surface area (Å²) in [5.74, 6) is 0. The number of aromatic nitrogens is 2. The van der Waals surface area contributed by atoms with Crippen LogP contribution in [0.1, 0.15) is 32.8 Å². The molecule has 1 aliphatic rings. The van der Waals surface area contributed by atoms with Crippen LogP contribution in [0.2, 0.25) is 0 Å². The van der Waals surface area contributed by atoms with Crippen molar-refractivity contribution in [3.8, 4) is 0 Å². The van der Waals surface area contributed by atoms with E-state index in [1.165, 1.54) is 0 Å². The van der Waals surface area contributed by atoms with Crippen LogP contribution in [0.3, 0.4) is 0 Å². The largest absolute Gasteiger partial charge is 0.444 e.